The van der Waals surface area contributed by atoms with E-state index in [0.29, 0.717) is 58.6 Å². The van der Waals surface area contributed by atoms with Gasteiger partial charge in [0.25, 0.3) is 0 Å². The smallest absolute Gasteiger partial charge is 0.321 e. The van der Waals surface area contributed by atoms with Gasteiger partial charge in [0.1, 0.15) is 12.2 Å². The molecule has 0 fully saturated rings. The number of rotatable bonds is 13. The summed E-state index contributed by atoms with van der Waals surface area (Å²) in [6.07, 6.45) is 9.11. The lowest BCUT2D eigenvalue weighted by Gasteiger charge is -2.11. The number of aromatic nitrogens is 8. The van der Waals surface area contributed by atoms with Crippen molar-refractivity contribution in [3.8, 4) is 44.8 Å². The number of nitrogens with one attached hydrogen (secondary N) is 4. The molecular weight excluding hydrogens is 801 g/mol. The van der Waals surface area contributed by atoms with Gasteiger partial charge in [-0.3, -0.25) is 20.6 Å². The van der Waals surface area contributed by atoms with E-state index >= 15 is 0 Å². The lowest BCUT2D eigenvalue weighted by atomic mass is 10.0. The van der Waals surface area contributed by atoms with Gasteiger partial charge in [-0.15, -0.1) is 0 Å². The summed E-state index contributed by atoms with van der Waals surface area (Å²) in [7, 11) is 0. The predicted octanol–water partition coefficient (Wildman–Crippen LogP) is 7.77. The molecule has 4 amide bonds. The Kier molecular flexibility index (Phi) is 12.0. The number of carbonyl (C=O) groups is 2. The standard InChI is InChI=1S/C42H38N12O4S2/c1-3-43-39(57)53-41-51-32-18-25(16-29(35(32)59-41)31-10-5-7-13-45-31)27-21-49-38(50-22-27)34(56)11-8-14-46-40(58)54-42-52-33-17-24(26-19-47-37(23(2)55)48-20-26)15-28(36(33)60-42)30-9-4-6-12-44-30/h4-7,9-10,12-13,15-23,34,55-56H,3,8,11,14H2,1-2H3,(H2,43,51,53,57)(H2,46,52,54,58)/t23-,34+/m1/s1. The number of pyridine rings is 2. The Morgan fingerprint density at radius 3 is 1.62 bits per heavy atom. The van der Waals surface area contributed by atoms with Crippen LogP contribution in [0.25, 0.3) is 65.2 Å². The number of hydrogen-bond acceptors (Lipinski definition) is 14. The highest BCUT2D eigenvalue weighted by atomic mass is 32.1. The molecule has 0 aliphatic rings. The quantitative estimate of drug-likeness (QED) is 0.0613. The summed E-state index contributed by atoms with van der Waals surface area (Å²) >= 11 is 2.70. The average molecular weight is 839 g/mol. The molecule has 0 bridgehead atoms. The molecule has 0 saturated heterocycles. The van der Waals surface area contributed by atoms with Crippen molar-refractivity contribution in [2.75, 3.05) is 23.7 Å². The molecule has 0 aliphatic carbocycles. The number of carbonyl (C=O) groups excluding carboxylic acids is 2. The molecule has 6 aromatic heterocycles. The number of amides is 4. The molecule has 16 nitrogen and oxygen atoms in total. The van der Waals surface area contributed by atoms with Gasteiger partial charge >= 0.3 is 12.1 Å². The molecule has 60 heavy (non-hydrogen) atoms. The number of benzene rings is 2. The van der Waals surface area contributed by atoms with Crippen molar-refractivity contribution in [3.63, 3.8) is 0 Å². The summed E-state index contributed by atoms with van der Waals surface area (Å²) in [6, 6.07) is 18.4. The Bertz CT molecular complexity index is 2770. The molecule has 6 N–H and O–H groups in total. The monoisotopic (exact) mass is 838 g/mol. The molecule has 0 radical (unpaired) electrons. The van der Waals surface area contributed by atoms with Crippen LogP contribution in [0.5, 0.6) is 0 Å². The maximum atomic E-state index is 13.0. The lowest BCUT2D eigenvalue weighted by molar-refractivity contribution is 0.154. The molecular formula is C42H38N12O4S2. The van der Waals surface area contributed by atoms with E-state index in [-0.39, 0.29) is 11.9 Å². The molecule has 0 saturated carbocycles. The molecule has 8 rings (SSSR count). The van der Waals surface area contributed by atoms with E-state index in [0.717, 1.165) is 48.6 Å². The molecule has 0 aliphatic heterocycles. The average Bonchev–Trinajstić information content (AvgIpc) is 3.88. The van der Waals surface area contributed by atoms with E-state index < -0.39 is 18.2 Å². The Labute approximate surface area is 351 Å². The molecule has 0 unspecified atom stereocenters. The summed E-state index contributed by atoms with van der Waals surface area (Å²) in [4.78, 5) is 61.2. The molecule has 18 heteroatoms. The van der Waals surface area contributed by atoms with Gasteiger partial charge in [-0.25, -0.2) is 39.5 Å². The number of aliphatic hydroxyl groups is 2. The van der Waals surface area contributed by atoms with Gasteiger partial charge in [0.15, 0.2) is 21.9 Å². The highest BCUT2D eigenvalue weighted by molar-refractivity contribution is 7.23. The van der Waals surface area contributed by atoms with Gasteiger partial charge in [0.05, 0.1) is 31.8 Å². The number of nitrogens with zero attached hydrogens (tertiary/aromatic N) is 8. The number of thiazole rings is 2. The van der Waals surface area contributed by atoms with Gasteiger partial charge in [-0.05, 0) is 86.3 Å². The van der Waals surface area contributed by atoms with Crippen LogP contribution in [0.3, 0.4) is 0 Å². The maximum absolute atomic E-state index is 13.0. The summed E-state index contributed by atoms with van der Waals surface area (Å²) in [5, 5.41) is 32.8. The first-order valence-corrected chi connectivity index (χ1v) is 20.7. The highest BCUT2D eigenvalue weighted by Gasteiger charge is 2.19. The predicted molar refractivity (Wildman–Crippen MR) is 232 cm³/mol. The van der Waals surface area contributed by atoms with Crippen LogP contribution in [0.15, 0.2) is 97.8 Å². The molecule has 6 heterocycles. The molecule has 0 spiro atoms. The third kappa shape index (κ3) is 9.06. The first-order valence-electron chi connectivity index (χ1n) is 19.0. The van der Waals surface area contributed by atoms with Gasteiger partial charge in [-0.1, -0.05) is 34.8 Å². The van der Waals surface area contributed by atoms with Gasteiger partial charge in [-0.2, -0.15) is 0 Å². The first-order chi connectivity index (χ1) is 29.2. The Balaban J connectivity index is 0.904. The second-order valence-corrected chi connectivity index (χ2v) is 15.6. The maximum Gasteiger partial charge on any atom is 0.321 e. The molecule has 302 valence electrons. The van der Waals surface area contributed by atoms with Crippen LogP contribution in [0.2, 0.25) is 0 Å². The van der Waals surface area contributed by atoms with Crippen LogP contribution in [0, 0.1) is 0 Å². The topological polar surface area (TPSA) is 226 Å². The van der Waals surface area contributed by atoms with Crippen LogP contribution in [0.4, 0.5) is 19.9 Å². The van der Waals surface area contributed by atoms with Crippen molar-refractivity contribution in [3.05, 3.63) is 109 Å². The Morgan fingerprint density at radius 2 is 1.15 bits per heavy atom. The van der Waals surface area contributed by atoms with Crippen molar-refractivity contribution in [2.24, 2.45) is 0 Å². The minimum absolute atomic E-state index is 0.263. The fraction of sp³-hybridized carbons (Fsp3) is 0.190. The van der Waals surface area contributed by atoms with Gasteiger partial charge in [0.2, 0.25) is 0 Å². The van der Waals surface area contributed by atoms with Crippen LogP contribution in [-0.4, -0.2) is 75.2 Å². The normalized spacial score (nSPS) is 12.3. The molecule has 8 aromatic rings. The SMILES string of the molecule is CCNC(=O)Nc1nc2cc(-c3cnc([C@@H](O)CCCNC(=O)Nc4nc5cc(-c6cnc([C@@H](C)O)nc6)cc(-c6ccccn6)c5s4)nc3)cc(-c3ccccn3)c2s1. The number of aliphatic hydroxyl groups excluding tert-OH is 2. The van der Waals surface area contributed by atoms with E-state index in [1.807, 2.05) is 67.6 Å². The number of hydrogen-bond donors (Lipinski definition) is 6. The Hall–Kier alpha value is -6.86. The van der Waals surface area contributed by atoms with Crippen molar-refractivity contribution < 1.29 is 19.8 Å². The van der Waals surface area contributed by atoms with Crippen LogP contribution in [0.1, 0.15) is 50.5 Å². The largest absolute Gasteiger partial charge is 0.385 e. The fourth-order valence-corrected chi connectivity index (χ4v) is 8.29. The van der Waals surface area contributed by atoms with E-state index in [2.05, 4.69) is 56.2 Å². The fourth-order valence-electron chi connectivity index (χ4n) is 6.36. The second-order valence-electron chi connectivity index (χ2n) is 13.6. The minimum atomic E-state index is -0.950. The van der Waals surface area contributed by atoms with Crippen LogP contribution < -0.4 is 21.3 Å². The summed E-state index contributed by atoms with van der Waals surface area (Å²) in [5.74, 6) is 0.593. The summed E-state index contributed by atoms with van der Waals surface area (Å²) in [5.41, 5.74) is 7.62. The van der Waals surface area contributed by atoms with Crippen LogP contribution >= 0.6 is 22.7 Å². The lowest BCUT2D eigenvalue weighted by Crippen LogP contribution is -2.29. The van der Waals surface area contributed by atoms with Crippen molar-refractivity contribution in [1.29, 1.82) is 0 Å². The summed E-state index contributed by atoms with van der Waals surface area (Å²) < 4.78 is 1.72. The second kappa shape index (κ2) is 18.0. The van der Waals surface area contributed by atoms with Crippen molar-refractivity contribution in [2.45, 2.75) is 38.9 Å². The third-order valence-electron chi connectivity index (χ3n) is 9.26. The van der Waals surface area contributed by atoms with Crippen molar-refractivity contribution >= 4 is 65.4 Å². The van der Waals surface area contributed by atoms with Crippen LogP contribution in [-0.2, 0) is 0 Å². The van der Waals surface area contributed by atoms with E-state index in [9.17, 15) is 19.8 Å². The zero-order chi connectivity index (χ0) is 41.6. The Morgan fingerprint density at radius 1 is 0.650 bits per heavy atom. The highest BCUT2D eigenvalue weighted by Crippen LogP contribution is 2.39. The van der Waals surface area contributed by atoms with E-state index in [1.54, 1.807) is 44.1 Å². The van der Waals surface area contributed by atoms with Gasteiger partial charge in [0, 0.05) is 72.5 Å². The van der Waals surface area contributed by atoms with Crippen molar-refractivity contribution in [1.82, 2.24) is 50.5 Å². The van der Waals surface area contributed by atoms with E-state index in [1.165, 1.54) is 22.7 Å². The van der Waals surface area contributed by atoms with Gasteiger partial charge < -0.3 is 20.8 Å². The zero-order valence-corrected chi connectivity index (χ0v) is 34.0. The van der Waals surface area contributed by atoms with E-state index in [4.69, 9.17) is 4.98 Å². The molecule has 2 atom stereocenters. The molecule has 2 aromatic carbocycles. The number of fused-ring (bicyclic) bond motifs is 2. The number of anilines is 2. The third-order valence-corrected chi connectivity index (χ3v) is 11.3. The minimum Gasteiger partial charge on any atom is -0.385 e. The first kappa shape index (κ1) is 39.9. The number of urea groups is 2. The summed E-state index contributed by atoms with van der Waals surface area (Å²) in [6.45, 7) is 4.23. The zero-order valence-electron chi connectivity index (χ0n) is 32.3.